The van der Waals surface area contributed by atoms with Crippen LogP contribution in [0.2, 0.25) is 0 Å². The molecule has 0 amide bonds. The molecule has 0 N–H and O–H groups in total. The second kappa shape index (κ2) is 6.88. The number of fused-ring (bicyclic) bond motifs is 8. The zero-order valence-corrected chi connectivity index (χ0v) is 16.0. The van der Waals surface area contributed by atoms with Crippen molar-refractivity contribution >= 4 is 5.78 Å². The Labute approximate surface area is 156 Å². The van der Waals surface area contributed by atoms with Crippen molar-refractivity contribution in [2.24, 2.45) is 23.7 Å². The van der Waals surface area contributed by atoms with Crippen LogP contribution in [0.3, 0.4) is 0 Å². The van der Waals surface area contributed by atoms with Gasteiger partial charge in [0.1, 0.15) is 12.7 Å². The Morgan fingerprint density at radius 2 is 1.27 bits per heavy atom. The summed E-state index contributed by atoms with van der Waals surface area (Å²) >= 11 is 0. The molecule has 1 radical (unpaired) electrons. The van der Waals surface area contributed by atoms with E-state index in [0.29, 0.717) is 50.1 Å². The number of allylic oxidation sites excluding steroid dienone is 2. The lowest BCUT2D eigenvalue weighted by Gasteiger charge is -2.33. The normalized spacial score (nSPS) is 36.6. The molecule has 4 atom stereocenters. The molecule has 2 fully saturated rings. The minimum absolute atomic E-state index is 0.647. The third kappa shape index (κ3) is 2.49. The van der Waals surface area contributed by atoms with Gasteiger partial charge in [-0.05, 0) is 73.3 Å². The van der Waals surface area contributed by atoms with Gasteiger partial charge in [0.05, 0.1) is 24.4 Å². The van der Waals surface area contributed by atoms with Crippen molar-refractivity contribution < 1.29 is 18.6 Å². The van der Waals surface area contributed by atoms with Crippen molar-refractivity contribution in [1.29, 1.82) is 0 Å². The molecule has 0 spiro atoms. The van der Waals surface area contributed by atoms with Gasteiger partial charge in [-0.3, -0.25) is 4.42 Å². The molecule has 4 nitrogen and oxygen atoms in total. The van der Waals surface area contributed by atoms with E-state index < -0.39 is 0 Å². The van der Waals surface area contributed by atoms with Gasteiger partial charge in [0.25, 0.3) is 6.61 Å². The van der Waals surface area contributed by atoms with Crippen molar-refractivity contribution in [2.45, 2.75) is 38.5 Å². The molecule has 26 heavy (non-hydrogen) atoms. The summed E-state index contributed by atoms with van der Waals surface area (Å²) in [6.07, 6.45) is 9.03. The van der Waals surface area contributed by atoms with Crippen LogP contribution in [0.25, 0.3) is 0 Å². The Morgan fingerprint density at radius 3 is 1.81 bits per heavy atom. The van der Waals surface area contributed by atoms with Gasteiger partial charge in [0, 0.05) is 14.2 Å². The van der Waals surface area contributed by atoms with Crippen molar-refractivity contribution in [1.82, 2.24) is 0 Å². The number of methoxy groups -OCH3 is 2. The highest BCUT2D eigenvalue weighted by Crippen LogP contribution is 2.63. The first kappa shape index (κ1) is 17.2. The molecule has 0 aliphatic heterocycles. The van der Waals surface area contributed by atoms with E-state index in [9.17, 15) is 0 Å². The molecule has 0 heterocycles. The highest BCUT2D eigenvalue weighted by molar-refractivity contribution is 6.13. The minimum atomic E-state index is 0.647. The van der Waals surface area contributed by atoms with E-state index >= 15 is 0 Å². The zero-order chi connectivity index (χ0) is 17.7. The molecule has 4 heteroatoms. The lowest BCUT2D eigenvalue weighted by Crippen LogP contribution is -2.32. The van der Waals surface area contributed by atoms with E-state index in [-0.39, 0.29) is 0 Å². The molecular weight excluding hydrogens is 328 g/mol. The summed E-state index contributed by atoms with van der Waals surface area (Å²) in [7, 11) is 3.49. The number of hydrogen-bond donors (Lipinski definition) is 0. The fourth-order valence-corrected chi connectivity index (χ4v) is 6.18. The first-order valence-corrected chi connectivity index (χ1v) is 10.3. The number of rotatable bonds is 7. The largest absolute Gasteiger partial charge is 0.382 e. The molecule has 0 saturated heterocycles. The highest BCUT2D eigenvalue weighted by atomic mass is 16.5. The smallest absolute Gasteiger partial charge is 0.350 e. The summed E-state index contributed by atoms with van der Waals surface area (Å²) in [5.41, 5.74) is 5.99. The van der Waals surface area contributed by atoms with E-state index in [1.807, 2.05) is 0 Å². The Bertz CT molecular complexity index is 628. The monoisotopic (exact) mass is 358 g/mol. The molecule has 2 saturated carbocycles. The summed E-state index contributed by atoms with van der Waals surface area (Å²) < 4.78 is 23.3. The van der Waals surface area contributed by atoms with Crippen molar-refractivity contribution in [3.63, 3.8) is 0 Å². The third-order valence-corrected chi connectivity index (χ3v) is 7.12. The Kier molecular flexibility index (Phi) is 4.54. The SMILES string of the molecule is COCCO[C]1C2=C(C(=[O+]CCOC)C3=C1[C@@H]1CC[C@H]3C1)[C@@H]1CC[C@H]2C1. The number of ether oxygens (including phenoxy) is 3. The van der Waals surface area contributed by atoms with Gasteiger partial charge in [-0.2, -0.15) is 0 Å². The molecule has 4 bridgehead atoms. The van der Waals surface area contributed by atoms with E-state index in [0.717, 1.165) is 0 Å². The fraction of sp³-hybridized carbons (Fsp3) is 0.727. The molecule has 5 aliphatic carbocycles. The highest BCUT2D eigenvalue weighted by Gasteiger charge is 2.58. The molecule has 0 aromatic carbocycles. The summed E-state index contributed by atoms with van der Waals surface area (Å²) in [5.74, 6) is 3.90. The average Bonchev–Trinajstić information content (AvgIpc) is 3.43. The van der Waals surface area contributed by atoms with Crippen LogP contribution in [0.15, 0.2) is 22.3 Å². The maximum atomic E-state index is 6.41. The standard InChI is InChI=1S/C22H30O4/c1-23-7-9-25-21-17-13-3-5-15(11-13)19(17)22(26-10-8-24-2)20-16-6-4-14(12-16)18(20)21/h13-16H,3-12H2,1-2H3/q+1/t13-,14+,15+,16-. The van der Waals surface area contributed by atoms with Crippen LogP contribution < -0.4 is 0 Å². The van der Waals surface area contributed by atoms with E-state index in [4.69, 9.17) is 18.6 Å². The predicted molar refractivity (Wildman–Crippen MR) is 98.5 cm³/mol. The van der Waals surface area contributed by atoms with Crippen LogP contribution in [0.1, 0.15) is 38.5 Å². The van der Waals surface area contributed by atoms with E-state index in [1.54, 1.807) is 14.2 Å². The molecule has 141 valence electrons. The second-order valence-corrected chi connectivity index (χ2v) is 8.41. The summed E-state index contributed by atoms with van der Waals surface area (Å²) in [6, 6.07) is 0. The van der Waals surface area contributed by atoms with Crippen LogP contribution in [0, 0.1) is 29.8 Å². The Balaban J connectivity index is 1.56. The molecule has 0 unspecified atom stereocenters. The Hall–Kier alpha value is -0.970. The van der Waals surface area contributed by atoms with Gasteiger partial charge in [0.2, 0.25) is 0 Å². The molecular formula is C22H30O4+. The van der Waals surface area contributed by atoms with Crippen LogP contribution in [0.4, 0.5) is 0 Å². The fourth-order valence-electron chi connectivity index (χ4n) is 6.18. The van der Waals surface area contributed by atoms with Crippen molar-refractivity contribution in [2.75, 3.05) is 40.6 Å². The lowest BCUT2D eigenvalue weighted by atomic mass is 9.72. The summed E-state index contributed by atoms with van der Waals surface area (Å²) in [4.78, 5) is 0. The lowest BCUT2D eigenvalue weighted by molar-refractivity contribution is -0.460. The van der Waals surface area contributed by atoms with Crippen LogP contribution in [-0.2, 0) is 18.6 Å². The quantitative estimate of drug-likeness (QED) is 0.517. The van der Waals surface area contributed by atoms with Gasteiger partial charge in [-0.15, -0.1) is 0 Å². The van der Waals surface area contributed by atoms with Crippen LogP contribution >= 0.6 is 0 Å². The summed E-state index contributed by atoms with van der Waals surface area (Å²) in [5, 5.41) is 0. The van der Waals surface area contributed by atoms with Crippen molar-refractivity contribution in [3.05, 3.63) is 28.4 Å². The van der Waals surface area contributed by atoms with Gasteiger partial charge < -0.3 is 14.2 Å². The van der Waals surface area contributed by atoms with Gasteiger partial charge in [-0.1, -0.05) is 0 Å². The molecule has 5 rings (SSSR count). The first-order chi connectivity index (χ1) is 12.8. The zero-order valence-electron chi connectivity index (χ0n) is 16.0. The van der Waals surface area contributed by atoms with E-state index in [2.05, 4.69) is 0 Å². The number of ketones is 1. The average molecular weight is 358 g/mol. The third-order valence-electron chi connectivity index (χ3n) is 7.12. The number of carbonyl (C=O) groups excluding carboxylic acids is 1. The van der Waals surface area contributed by atoms with E-state index in [1.165, 1.54) is 72.7 Å². The van der Waals surface area contributed by atoms with Gasteiger partial charge >= 0.3 is 5.78 Å². The second-order valence-electron chi connectivity index (χ2n) is 8.41. The molecule has 5 aliphatic rings. The Morgan fingerprint density at radius 1 is 0.731 bits per heavy atom. The van der Waals surface area contributed by atoms with Crippen molar-refractivity contribution in [3.8, 4) is 0 Å². The predicted octanol–water partition coefficient (Wildman–Crippen LogP) is 3.40. The maximum absolute atomic E-state index is 6.41. The summed E-state index contributed by atoms with van der Waals surface area (Å²) in [6.45, 7) is 2.59. The first-order valence-electron chi connectivity index (χ1n) is 10.3. The maximum Gasteiger partial charge on any atom is 0.350 e. The van der Waals surface area contributed by atoms with Crippen LogP contribution in [0.5, 0.6) is 0 Å². The molecule has 0 aromatic heterocycles. The minimum Gasteiger partial charge on any atom is -0.382 e. The van der Waals surface area contributed by atoms with Gasteiger partial charge in [-0.25, -0.2) is 0 Å². The topological polar surface area (TPSA) is 39.0 Å². The van der Waals surface area contributed by atoms with Crippen LogP contribution in [-0.4, -0.2) is 46.4 Å². The number of hydrogen-bond acceptors (Lipinski definition) is 3. The van der Waals surface area contributed by atoms with Gasteiger partial charge in [0.15, 0.2) is 0 Å². The molecule has 0 aromatic rings.